The molecular weight excluding hydrogens is 263 g/mol. The third-order valence-corrected chi connectivity index (χ3v) is 2.58. The second-order valence-electron chi connectivity index (χ2n) is 4.14. The highest BCUT2D eigenvalue weighted by molar-refractivity contribution is 6.06. The molecule has 2 heterocycles. The lowest BCUT2D eigenvalue weighted by Gasteiger charge is -2.10. The zero-order valence-electron chi connectivity index (χ0n) is 11.2. The van der Waals surface area contributed by atoms with Crippen LogP contribution >= 0.6 is 0 Å². The molecule has 0 unspecified atom stereocenters. The summed E-state index contributed by atoms with van der Waals surface area (Å²) in [6.07, 6.45) is 3.25. The van der Waals surface area contributed by atoms with E-state index in [-0.39, 0.29) is 11.5 Å². The standard InChI is InChI=1S/C12H15FN6O/c1-3-4-14-10-9(5-8(13)6-15-10)11(20)18-12-16-7-17-19(12)2/h5-7H,3-4H2,1-2H3,(H,14,15)(H,16,17,18,20). The van der Waals surface area contributed by atoms with Gasteiger partial charge in [-0.1, -0.05) is 6.92 Å². The van der Waals surface area contributed by atoms with Crippen molar-refractivity contribution in [2.45, 2.75) is 13.3 Å². The zero-order chi connectivity index (χ0) is 14.5. The van der Waals surface area contributed by atoms with Crippen molar-refractivity contribution in [3.05, 3.63) is 30.0 Å². The van der Waals surface area contributed by atoms with E-state index in [1.165, 1.54) is 11.0 Å². The van der Waals surface area contributed by atoms with Crippen molar-refractivity contribution in [1.82, 2.24) is 19.7 Å². The molecule has 7 nitrogen and oxygen atoms in total. The Kier molecular flexibility index (Phi) is 4.24. The van der Waals surface area contributed by atoms with Gasteiger partial charge in [0, 0.05) is 13.6 Å². The summed E-state index contributed by atoms with van der Waals surface area (Å²) in [5.74, 6) is -0.449. The molecule has 0 radical (unpaired) electrons. The van der Waals surface area contributed by atoms with Gasteiger partial charge in [-0.05, 0) is 12.5 Å². The molecule has 0 aliphatic rings. The molecule has 2 rings (SSSR count). The molecule has 0 atom stereocenters. The SMILES string of the molecule is CCCNc1ncc(F)cc1C(=O)Nc1ncnn1C. The first-order valence-corrected chi connectivity index (χ1v) is 6.16. The van der Waals surface area contributed by atoms with Gasteiger partial charge in [-0.2, -0.15) is 10.1 Å². The summed E-state index contributed by atoms with van der Waals surface area (Å²) in [5, 5.41) is 9.38. The maximum absolute atomic E-state index is 13.3. The van der Waals surface area contributed by atoms with Crippen molar-refractivity contribution >= 4 is 17.7 Å². The zero-order valence-corrected chi connectivity index (χ0v) is 11.2. The monoisotopic (exact) mass is 278 g/mol. The van der Waals surface area contributed by atoms with Gasteiger partial charge < -0.3 is 5.32 Å². The van der Waals surface area contributed by atoms with E-state index in [0.717, 1.165) is 18.7 Å². The number of carbonyl (C=O) groups excluding carboxylic acids is 1. The van der Waals surface area contributed by atoms with Crippen LogP contribution in [0.3, 0.4) is 0 Å². The molecule has 8 heteroatoms. The highest BCUT2D eigenvalue weighted by Gasteiger charge is 2.15. The fraction of sp³-hybridized carbons (Fsp3) is 0.333. The summed E-state index contributed by atoms with van der Waals surface area (Å²) in [6.45, 7) is 2.62. The van der Waals surface area contributed by atoms with Crippen molar-refractivity contribution in [3.8, 4) is 0 Å². The largest absolute Gasteiger partial charge is 0.369 e. The van der Waals surface area contributed by atoms with E-state index >= 15 is 0 Å². The van der Waals surface area contributed by atoms with Gasteiger partial charge in [0.25, 0.3) is 5.91 Å². The fourth-order valence-electron chi connectivity index (χ4n) is 1.57. The number of nitrogens with one attached hydrogen (secondary N) is 2. The van der Waals surface area contributed by atoms with E-state index in [2.05, 4.69) is 25.7 Å². The number of aromatic nitrogens is 4. The second-order valence-corrected chi connectivity index (χ2v) is 4.14. The summed E-state index contributed by atoms with van der Waals surface area (Å²) in [4.78, 5) is 19.9. The van der Waals surface area contributed by atoms with Crippen molar-refractivity contribution in [1.29, 1.82) is 0 Å². The summed E-state index contributed by atoms with van der Waals surface area (Å²) >= 11 is 0. The van der Waals surface area contributed by atoms with E-state index in [0.29, 0.717) is 12.4 Å². The number of pyridine rings is 1. The van der Waals surface area contributed by atoms with Crippen molar-refractivity contribution in [2.75, 3.05) is 17.2 Å². The Hall–Kier alpha value is -2.51. The molecular formula is C12H15FN6O. The van der Waals surface area contributed by atoms with Gasteiger partial charge in [-0.25, -0.2) is 14.1 Å². The average Bonchev–Trinajstić information content (AvgIpc) is 2.83. The van der Waals surface area contributed by atoms with E-state index in [9.17, 15) is 9.18 Å². The lowest BCUT2D eigenvalue weighted by molar-refractivity contribution is 0.102. The number of amides is 1. The topological polar surface area (TPSA) is 84.7 Å². The molecule has 1 amide bonds. The van der Waals surface area contributed by atoms with Gasteiger partial charge in [-0.15, -0.1) is 0 Å². The molecule has 2 aromatic heterocycles. The van der Waals surface area contributed by atoms with E-state index in [4.69, 9.17) is 0 Å². The molecule has 0 aliphatic carbocycles. The Morgan fingerprint density at radius 2 is 2.25 bits per heavy atom. The molecule has 0 saturated carbocycles. The third-order valence-electron chi connectivity index (χ3n) is 2.58. The minimum Gasteiger partial charge on any atom is -0.369 e. The van der Waals surface area contributed by atoms with Crippen LogP contribution < -0.4 is 10.6 Å². The number of anilines is 2. The van der Waals surface area contributed by atoms with Crippen LogP contribution in [0.2, 0.25) is 0 Å². The summed E-state index contributed by atoms with van der Waals surface area (Å²) in [7, 11) is 1.64. The summed E-state index contributed by atoms with van der Waals surface area (Å²) in [5.41, 5.74) is 0.126. The third kappa shape index (κ3) is 3.08. The number of hydrogen-bond acceptors (Lipinski definition) is 5. The highest BCUT2D eigenvalue weighted by Crippen LogP contribution is 2.15. The van der Waals surface area contributed by atoms with Gasteiger partial charge in [-0.3, -0.25) is 10.1 Å². The molecule has 0 aromatic carbocycles. The highest BCUT2D eigenvalue weighted by atomic mass is 19.1. The number of aryl methyl sites for hydroxylation is 1. The Bertz CT molecular complexity index is 612. The number of hydrogen-bond donors (Lipinski definition) is 2. The first-order chi connectivity index (χ1) is 9.61. The summed E-state index contributed by atoms with van der Waals surface area (Å²) in [6, 6.07) is 1.14. The predicted octanol–water partition coefficient (Wildman–Crippen LogP) is 1.42. The van der Waals surface area contributed by atoms with Crippen LogP contribution in [-0.2, 0) is 7.05 Å². The first kappa shape index (κ1) is 13.9. The quantitative estimate of drug-likeness (QED) is 0.864. The van der Waals surface area contributed by atoms with Gasteiger partial charge in [0.1, 0.15) is 18.0 Å². The molecule has 0 spiro atoms. The molecule has 0 fully saturated rings. The van der Waals surface area contributed by atoms with Crippen LogP contribution in [0.15, 0.2) is 18.6 Å². The average molecular weight is 278 g/mol. The molecule has 0 saturated heterocycles. The van der Waals surface area contributed by atoms with E-state index in [1.807, 2.05) is 6.92 Å². The Labute approximate surface area is 115 Å². The first-order valence-electron chi connectivity index (χ1n) is 6.16. The predicted molar refractivity (Wildman–Crippen MR) is 71.9 cm³/mol. The lowest BCUT2D eigenvalue weighted by Crippen LogP contribution is -2.18. The van der Waals surface area contributed by atoms with Crippen LogP contribution in [0, 0.1) is 5.82 Å². The van der Waals surface area contributed by atoms with Crippen LogP contribution in [0.5, 0.6) is 0 Å². The van der Waals surface area contributed by atoms with Crippen LogP contribution in [0.1, 0.15) is 23.7 Å². The van der Waals surface area contributed by atoms with Gasteiger partial charge in [0.15, 0.2) is 0 Å². The van der Waals surface area contributed by atoms with Gasteiger partial charge in [0.2, 0.25) is 5.95 Å². The van der Waals surface area contributed by atoms with Crippen molar-refractivity contribution in [3.63, 3.8) is 0 Å². The maximum Gasteiger partial charge on any atom is 0.261 e. The van der Waals surface area contributed by atoms with Crippen molar-refractivity contribution in [2.24, 2.45) is 7.05 Å². The van der Waals surface area contributed by atoms with Crippen molar-refractivity contribution < 1.29 is 9.18 Å². The lowest BCUT2D eigenvalue weighted by atomic mass is 10.2. The molecule has 0 bridgehead atoms. The number of halogens is 1. The molecule has 106 valence electrons. The van der Waals surface area contributed by atoms with Crippen LogP contribution in [0.4, 0.5) is 16.2 Å². The molecule has 0 aliphatic heterocycles. The van der Waals surface area contributed by atoms with E-state index < -0.39 is 11.7 Å². The minimum atomic E-state index is -0.574. The summed E-state index contributed by atoms with van der Waals surface area (Å²) < 4.78 is 14.7. The Morgan fingerprint density at radius 1 is 1.45 bits per heavy atom. The van der Waals surface area contributed by atoms with Gasteiger partial charge in [0.05, 0.1) is 11.8 Å². The second kappa shape index (κ2) is 6.09. The Balaban J connectivity index is 2.23. The number of carbonyl (C=O) groups is 1. The molecule has 20 heavy (non-hydrogen) atoms. The van der Waals surface area contributed by atoms with Gasteiger partial charge >= 0.3 is 0 Å². The Morgan fingerprint density at radius 3 is 2.90 bits per heavy atom. The minimum absolute atomic E-state index is 0.126. The molecule has 2 N–H and O–H groups in total. The normalized spacial score (nSPS) is 10.3. The number of rotatable bonds is 5. The maximum atomic E-state index is 13.3. The van der Waals surface area contributed by atoms with E-state index in [1.54, 1.807) is 7.05 Å². The fourth-order valence-corrected chi connectivity index (χ4v) is 1.57. The molecule has 2 aromatic rings. The van der Waals surface area contributed by atoms with Crippen LogP contribution in [-0.4, -0.2) is 32.2 Å². The number of nitrogens with zero attached hydrogens (tertiary/aromatic N) is 4. The van der Waals surface area contributed by atoms with Crippen LogP contribution in [0.25, 0.3) is 0 Å². The smallest absolute Gasteiger partial charge is 0.261 e.